The largest absolute Gasteiger partial charge is 0.480 e. The maximum atomic E-state index is 12.1. The second-order valence-corrected chi connectivity index (χ2v) is 6.86. The fraction of sp³-hybridized carbons (Fsp3) is 0.381. The molecule has 7 heteroatoms. The molecule has 0 radical (unpaired) electrons. The Morgan fingerprint density at radius 2 is 2.00 bits per heavy atom. The number of ether oxygens (including phenoxy) is 1. The highest BCUT2D eigenvalue weighted by atomic mass is 35.5. The molecule has 1 aromatic carbocycles. The van der Waals surface area contributed by atoms with Gasteiger partial charge in [-0.2, -0.15) is 0 Å². The first-order chi connectivity index (χ1) is 12.8. The molecule has 1 aliphatic heterocycles. The maximum absolute atomic E-state index is 12.1. The van der Waals surface area contributed by atoms with E-state index in [4.69, 9.17) is 4.74 Å². The van der Waals surface area contributed by atoms with Crippen LogP contribution in [0.4, 0.5) is 4.79 Å². The molecule has 1 aliphatic rings. The van der Waals surface area contributed by atoms with Crippen LogP contribution in [0.25, 0.3) is 0 Å². The average Bonchev–Trinajstić information content (AvgIpc) is 2.81. The smallest absolute Gasteiger partial charge is 0.413 e. The van der Waals surface area contributed by atoms with Crippen molar-refractivity contribution >= 4 is 30.2 Å². The Labute approximate surface area is 171 Å². The number of aliphatic carboxylic acids is 1. The van der Waals surface area contributed by atoms with Crippen molar-refractivity contribution in [3.8, 4) is 5.75 Å². The first-order valence-electron chi connectivity index (χ1n) is 9.01. The third kappa shape index (κ3) is 5.23. The lowest BCUT2D eigenvalue weighted by molar-refractivity contribution is -0.140. The van der Waals surface area contributed by atoms with Crippen molar-refractivity contribution in [2.45, 2.75) is 45.6 Å². The van der Waals surface area contributed by atoms with Crippen LogP contribution in [0, 0.1) is 5.92 Å². The Morgan fingerprint density at radius 3 is 2.61 bits per heavy atom. The van der Waals surface area contributed by atoms with Crippen LogP contribution in [0.3, 0.4) is 0 Å². The predicted octanol–water partition coefficient (Wildman–Crippen LogP) is 4.50. The quantitative estimate of drug-likeness (QED) is 0.728. The van der Waals surface area contributed by atoms with E-state index < -0.39 is 18.1 Å². The molecule has 0 spiro atoms. The Kier molecular flexibility index (Phi) is 8.44. The van der Waals surface area contributed by atoms with Gasteiger partial charge in [0, 0.05) is 11.9 Å². The fourth-order valence-corrected chi connectivity index (χ4v) is 3.16. The Bertz CT molecular complexity index is 801. The number of hydrogen-bond acceptors (Lipinski definition) is 4. The van der Waals surface area contributed by atoms with Gasteiger partial charge in [-0.3, -0.25) is 4.99 Å². The summed E-state index contributed by atoms with van der Waals surface area (Å²) in [6.07, 6.45) is 7.70. The Balaban J connectivity index is 0.00000392. The number of aliphatic imine (C=N–C) groups is 1. The molecule has 1 heterocycles. The molecule has 2 rings (SSSR count). The number of nitrogens with zero attached hydrogens (tertiary/aromatic N) is 1. The predicted molar refractivity (Wildman–Crippen MR) is 112 cm³/mol. The monoisotopic (exact) mass is 406 g/mol. The molecule has 0 aliphatic carbocycles. The number of carbonyl (C=O) groups is 2. The van der Waals surface area contributed by atoms with Gasteiger partial charge in [0.2, 0.25) is 0 Å². The van der Waals surface area contributed by atoms with Gasteiger partial charge in [0.05, 0.1) is 5.41 Å². The summed E-state index contributed by atoms with van der Waals surface area (Å²) in [7, 11) is 0. The minimum absolute atomic E-state index is 0. The van der Waals surface area contributed by atoms with Gasteiger partial charge in [0.1, 0.15) is 11.8 Å². The van der Waals surface area contributed by atoms with E-state index in [1.807, 2.05) is 31.2 Å². The first-order valence-corrected chi connectivity index (χ1v) is 9.01. The van der Waals surface area contributed by atoms with Crippen molar-refractivity contribution in [3.05, 3.63) is 54.3 Å². The van der Waals surface area contributed by atoms with Crippen LogP contribution in [0.2, 0.25) is 0 Å². The van der Waals surface area contributed by atoms with Crippen molar-refractivity contribution in [3.63, 3.8) is 0 Å². The Hall–Kier alpha value is -2.60. The van der Waals surface area contributed by atoms with Gasteiger partial charge in [-0.1, -0.05) is 45.1 Å². The molecule has 152 valence electrons. The van der Waals surface area contributed by atoms with Gasteiger partial charge in [-0.05, 0) is 43.0 Å². The number of carbonyl (C=O) groups excluding carboxylic acids is 1. The molecule has 6 nitrogen and oxygen atoms in total. The van der Waals surface area contributed by atoms with Gasteiger partial charge in [-0.25, -0.2) is 9.59 Å². The van der Waals surface area contributed by atoms with Crippen LogP contribution in [-0.2, 0) is 10.2 Å². The molecule has 0 saturated heterocycles. The summed E-state index contributed by atoms with van der Waals surface area (Å²) >= 11 is 0. The maximum Gasteiger partial charge on any atom is 0.413 e. The van der Waals surface area contributed by atoms with Crippen LogP contribution >= 0.6 is 12.4 Å². The molecule has 28 heavy (non-hydrogen) atoms. The number of hydrogen-bond donors (Lipinski definition) is 2. The van der Waals surface area contributed by atoms with Crippen LogP contribution in [0.1, 0.15) is 39.7 Å². The van der Waals surface area contributed by atoms with Crippen molar-refractivity contribution < 1.29 is 19.4 Å². The summed E-state index contributed by atoms with van der Waals surface area (Å²) in [5, 5.41) is 11.6. The lowest BCUT2D eigenvalue weighted by Crippen LogP contribution is -2.45. The van der Waals surface area contributed by atoms with E-state index in [9.17, 15) is 14.7 Å². The number of rotatable bonds is 6. The number of halogens is 1. The number of benzene rings is 1. The van der Waals surface area contributed by atoms with E-state index in [-0.39, 0.29) is 23.7 Å². The molecular weight excluding hydrogens is 380 g/mol. The van der Waals surface area contributed by atoms with Crippen molar-refractivity contribution in [2.75, 3.05) is 0 Å². The summed E-state index contributed by atoms with van der Waals surface area (Å²) in [5.41, 5.74) is 1.51. The molecule has 0 fully saturated rings. The molecule has 0 bridgehead atoms. The van der Waals surface area contributed by atoms with E-state index in [1.165, 1.54) is 0 Å². The highest BCUT2D eigenvalue weighted by Gasteiger charge is 2.32. The number of amides is 1. The van der Waals surface area contributed by atoms with Crippen LogP contribution in [0.5, 0.6) is 5.75 Å². The number of carboxylic acids is 1. The summed E-state index contributed by atoms with van der Waals surface area (Å²) in [6, 6.07) is 6.24. The van der Waals surface area contributed by atoms with Gasteiger partial charge < -0.3 is 15.2 Å². The molecule has 0 aromatic heterocycles. The zero-order valence-corrected chi connectivity index (χ0v) is 17.3. The van der Waals surface area contributed by atoms with Crippen molar-refractivity contribution in [2.24, 2.45) is 10.9 Å². The van der Waals surface area contributed by atoms with E-state index in [1.54, 1.807) is 32.2 Å². The average molecular weight is 407 g/mol. The van der Waals surface area contributed by atoms with Crippen LogP contribution in [0.15, 0.2) is 53.7 Å². The summed E-state index contributed by atoms with van der Waals surface area (Å²) < 4.78 is 5.34. The van der Waals surface area contributed by atoms with Gasteiger partial charge in [0.25, 0.3) is 0 Å². The fourth-order valence-electron chi connectivity index (χ4n) is 3.16. The molecule has 0 saturated carbocycles. The minimum Gasteiger partial charge on any atom is -0.480 e. The zero-order valence-electron chi connectivity index (χ0n) is 16.5. The van der Waals surface area contributed by atoms with Gasteiger partial charge in [0.15, 0.2) is 0 Å². The lowest BCUT2D eigenvalue weighted by atomic mass is 9.74. The summed E-state index contributed by atoms with van der Waals surface area (Å²) in [5.74, 6) is -1.00. The van der Waals surface area contributed by atoms with Gasteiger partial charge in [-0.15, -0.1) is 12.4 Å². The van der Waals surface area contributed by atoms with Crippen molar-refractivity contribution in [1.29, 1.82) is 0 Å². The van der Waals surface area contributed by atoms with E-state index >= 15 is 0 Å². The minimum atomic E-state index is -1.09. The highest BCUT2D eigenvalue weighted by Crippen LogP contribution is 2.34. The molecule has 2 N–H and O–H groups in total. The van der Waals surface area contributed by atoms with E-state index in [0.29, 0.717) is 5.75 Å². The van der Waals surface area contributed by atoms with Crippen LogP contribution < -0.4 is 10.1 Å². The summed E-state index contributed by atoms with van der Waals surface area (Å²) in [4.78, 5) is 27.9. The number of allylic oxidation sites excluding steroid dienone is 3. The molecule has 2 unspecified atom stereocenters. The first kappa shape index (κ1) is 23.4. The second-order valence-electron chi connectivity index (χ2n) is 6.86. The highest BCUT2D eigenvalue weighted by molar-refractivity contribution is 5.96. The summed E-state index contributed by atoms with van der Waals surface area (Å²) in [6.45, 7) is 7.50. The Morgan fingerprint density at radius 1 is 1.29 bits per heavy atom. The lowest BCUT2D eigenvalue weighted by Gasteiger charge is -2.30. The third-order valence-electron chi connectivity index (χ3n) is 4.82. The van der Waals surface area contributed by atoms with E-state index in [0.717, 1.165) is 17.7 Å². The SMILES string of the molecule is CCC1(c2cccc(OC(=O)NC(C(=O)O)C(C)C)c2)C=CC=CN=C1C.Cl. The molecular formula is C21H27ClN2O4. The second kappa shape index (κ2) is 10.1. The van der Waals surface area contributed by atoms with Gasteiger partial charge >= 0.3 is 12.1 Å². The number of carboxylic acid groups (broad SMARTS) is 1. The molecule has 2 atom stereocenters. The van der Waals surface area contributed by atoms with Crippen LogP contribution in [-0.4, -0.2) is 28.9 Å². The molecule has 1 aromatic rings. The standard InChI is InChI=1S/C21H26N2O4.ClH/c1-5-21(11-6-7-12-22-15(21)4)16-9-8-10-17(13-16)27-20(26)23-18(14(2)3)19(24)25;/h6-14,18H,5H2,1-4H3,(H,23,26)(H,24,25);1H. The van der Waals surface area contributed by atoms with E-state index in [2.05, 4.69) is 23.3 Å². The topological polar surface area (TPSA) is 88.0 Å². The third-order valence-corrected chi connectivity index (χ3v) is 4.82. The zero-order chi connectivity index (χ0) is 20.0. The number of nitrogens with one attached hydrogen (secondary N) is 1. The normalized spacial score (nSPS) is 19.2. The van der Waals surface area contributed by atoms with Crippen molar-refractivity contribution in [1.82, 2.24) is 5.32 Å². The molecule has 1 amide bonds.